The third kappa shape index (κ3) is 2.67. The van der Waals surface area contributed by atoms with E-state index in [1.54, 1.807) is 0 Å². The summed E-state index contributed by atoms with van der Waals surface area (Å²) in [5.74, 6) is 3.51. The Labute approximate surface area is 107 Å². The summed E-state index contributed by atoms with van der Waals surface area (Å²) in [5.41, 5.74) is 2.78. The summed E-state index contributed by atoms with van der Waals surface area (Å²) in [6.07, 6.45) is 1.37. The van der Waals surface area contributed by atoms with Crippen LogP contribution in [0.3, 0.4) is 0 Å². The van der Waals surface area contributed by atoms with E-state index in [4.69, 9.17) is 4.74 Å². The Kier molecular flexibility index (Phi) is 3.69. The van der Waals surface area contributed by atoms with Crippen molar-refractivity contribution < 1.29 is 4.74 Å². The maximum absolute atomic E-state index is 5.66. The lowest BCUT2D eigenvalue weighted by Gasteiger charge is -2.27. The third-order valence-corrected chi connectivity index (χ3v) is 4.88. The minimum absolute atomic E-state index is 0.394. The van der Waals surface area contributed by atoms with Gasteiger partial charge in [-0.2, -0.15) is 11.8 Å². The predicted octanol–water partition coefficient (Wildman–Crippen LogP) is 2.60. The number of benzene rings is 1. The van der Waals surface area contributed by atoms with Crippen LogP contribution in [-0.4, -0.2) is 24.7 Å². The molecule has 17 heavy (non-hydrogen) atoms. The molecule has 2 unspecified atom stereocenters. The lowest BCUT2D eigenvalue weighted by Crippen LogP contribution is -2.33. The molecule has 1 fully saturated rings. The first kappa shape index (κ1) is 11.6. The molecule has 1 aromatic rings. The predicted molar refractivity (Wildman–Crippen MR) is 72.3 cm³/mol. The number of fused-ring (bicyclic) bond motifs is 1. The maximum atomic E-state index is 5.66. The number of hydrogen-bond acceptors (Lipinski definition) is 3. The topological polar surface area (TPSA) is 21.3 Å². The van der Waals surface area contributed by atoms with Crippen molar-refractivity contribution in [1.29, 1.82) is 0 Å². The van der Waals surface area contributed by atoms with Gasteiger partial charge < -0.3 is 10.1 Å². The van der Waals surface area contributed by atoms with Gasteiger partial charge >= 0.3 is 0 Å². The average Bonchev–Trinajstić information content (AvgIpc) is 2.89. The quantitative estimate of drug-likeness (QED) is 0.889. The van der Waals surface area contributed by atoms with Crippen molar-refractivity contribution in [3.8, 4) is 0 Å². The van der Waals surface area contributed by atoms with E-state index in [9.17, 15) is 0 Å². The molecular weight excluding hydrogens is 230 g/mol. The molecule has 3 rings (SSSR count). The van der Waals surface area contributed by atoms with Gasteiger partial charge in [-0.05, 0) is 41.5 Å². The van der Waals surface area contributed by atoms with Crippen LogP contribution in [0.4, 0.5) is 0 Å². The van der Waals surface area contributed by atoms with E-state index in [2.05, 4.69) is 41.3 Å². The van der Waals surface area contributed by atoms with Gasteiger partial charge in [0, 0.05) is 0 Å². The van der Waals surface area contributed by atoms with Crippen molar-refractivity contribution in [3.63, 3.8) is 0 Å². The minimum atomic E-state index is 0.394. The van der Waals surface area contributed by atoms with Gasteiger partial charge in [0.1, 0.15) is 0 Å². The van der Waals surface area contributed by atoms with Gasteiger partial charge in [0.2, 0.25) is 0 Å². The van der Waals surface area contributed by atoms with Crippen molar-refractivity contribution >= 4 is 11.8 Å². The van der Waals surface area contributed by atoms with Gasteiger partial charge in [-0.15, -0.1) is 0 Å². The molecule has 0 aromatic heterocycles. The summed E-state index contributed by atoms with van der Waals surface area (Å²) in [6, 6.07) is 9.03. The van der Waals surface area contributed by atoms with Crippen LogP contribution < -0.4 is 5.32 Å². The number of rotatable bonds is 3. The first-order valence-corrected chi connectivity index (χ1v) is 7.55. The number of hydrogen-bond donors (Lipinski definition) is 1. The van der Waals surface area contributed by atoms with Crippen molar-refractivity contribution in [2.24, 2.45) is 5.92 Å². The molecule has 1 N–H and O–H groups in total. The molecule has 0 aliphatic carbocycles. The van der Waals surface area contributed by atoms with Crippen LogP contribution in [-0.2, 0) is 11.3 Å². The second kappa shape index (κ2) is 5.42. The molecule has 2 atom stereocenters. The van der Waals surface area contributed by atoms with Crippen LogP contribution in [0.25, 0.3) is 0 Å². The van der Waals surface area contributed by atoms with Crippen molar-refractivity contribution in [3.05, 3.63) is 35.4 Å². The molecule has 3 heteroatoms. The molecular formula is C14H19NOS. The number of thioether (sulfide) groups is 1. The smallest absolute Gasteiger partial charge is 0.0721 e. The summed E-state index contributed by atoms with van der Waals surface area (Å²) in [5, 5.41) is 3.68. The fraction of sp³-hybridized carbons (Fsp3) is 0.571. The summed E-state index contributed by atoms with van der Waals surface area (Å²) in [7, 11) is 0. The highest BCUT2D eigenvalue weighted by atomic mass is 32.2. The largest absolute Gasteiger partial charge is 0.375 e. The molecule has 2 aliphatic heterocycles. The zero-order chi connectivity index (χ0) is 11.5. The average molecular weight is 249 g/mol. The van der Waals surface area contributed by atoms with Crippen LogP contribution in [0, 0.1) is 5.92 Å². The summed E-state index contributed by atoms with van der Waals surface area (Å²) in [4.78, 5) is 0. The van der Waals surface area contributed by atoms with Crippen LogP contribution >= 0.6 is 11.8 Å². The standard InChI is InChI=1S/C14H19NOS/c1-2-4-13-12(3-1)8-16-9-14(13)15-7-11-5-6-17-10-11/h1-4,11,14-15H,5-10H2. The van der Waals surface area contributed by atoms with Gasteiger partial charge in [0.25, 0.3) is 0 Å². The van der Waals surface area contributed by atoms with E-state index in [1.165, 1.54) is 29.1 Å². The zero-order valence-corrected chi connectivity index (χ0v) is 10.8. The van der Waals surface area contributed by atoms with Gasteiger partial charge in [0.05, 0.1) is 19.3 Å². The Hall–Kier alpha value is -0.510. The molecule has 2 heterocycles. The van der Waals surface area contributed by atoms with Crippen LogP contribution in [0.15, 0.2) is 24.3 Å². The number of ether oxygens (including phenoxy) is 1. The van der Waals surface area contributed by atoms with Crippen molar-refractivity contribution in [2.45, 2.75) is 19.1 Å². The molecule has 1 saturated heterocycles. The van der Waals surface area contributed by atoms with E-state index in [0.717, 1.165) is 25.7 Å². The molecule has 0 bridgehead atoms. The van der Waals surface area contributed by atoms with E-state index in [-0.39, 0.29) is 0 Å². The molecule has 0 radical (unpaired) electrons. The SMILES string of the molecule is c1ccc2c(c1)COCC2NCC1CCSC1. The third-order valence-electron chi connectivity index (χ3n) is 3.65. The fourth-order valence-electron chi connectivity index (χ4n) is 2.60. The van der Waals surface area contributed by atoms with E-state index in [0.29, 0.717) is 6.04 Å². The highest BCUT2D eigenvalue weighted by Crippen LogP contribution is 2.26. The summed E-state index contributed by atoms with van der Waals surface area (Å²) >= 11 is 2.08. The second-order valence-corrected chi connectivity index (χ2v) is 6.05. The van der Waals surface area contributed by atoms with Crippen LogP contribution in [0.5, 0.6) is 0 Å². The van der Waals surface area contributed by atoms with Crippen molar-refractivity contribution in [1.82, 2.24) is 5.32 Å². The highest BCUT2D eigenvalue weighted by Gasteiger charge is 2.22. The van der Waals surface area contributed by atoms with Crippen LogP contribution in [0.2, 0.25) is 0 Å². The second-order valence-electron chi connectivity index (χ2n) is 4.90. The first-order valence-electron chi connectivity index (χ1n) is 6.40. The summed E-state index contributed by atoms with van der Waals surface area (Å²) < 4.78 is 5.66. The Morgan fingerprint density at radius 1 is 1.35 bits per heavy atom. The van der Waals surface area contributed by atoms with Crippen LogP contribution in [0.1, 0.15) is 23.6 Å². The van der Waals surface area contributed by atoms with E-state index in [1.807, 2.05) is 0 Å². The van der Waals surface area contributed by atoms with Gasteiger partial charge in [-0.25, -0.2) is 0 Å². The number of nitrogens with one attached hydrogen (secondary N) is 1. The highest BCUT2D eigenvalue weighted by molar-refractivity contribution is 7.99. The zero-order valence-electron chi connectivity index (χ0n) is 10.0. The molecule has 0 saturated carbocycles. The Morgan fingerprint density at radius 3 is 3.18 bits per heavy atom. The Bertz CT molecular complexity index is 376. The Morgan fingerprint density at radius 2 is 2.29 bits per heavy atom. The van der Waals surface area contributed by atoms with Gasteiger partial charge in [0.15, 0.2) is 0 Å². The monoisotopic (exact) mass is 249 g/mol. The molecule has 2 nitrogen and oxygen atoms in total. The lowest BCUT2D eigenvalue weighted by molar-refractivity contribution is 0.0812. The minimum Gasteiger partial charge on any atom is -0.375 e. The maximum Gasteiger partial charge on any atom is 0.0721 e. The van der Waals surface area contributed by atoms with Gasteiger partial charge in [-0.3, -0.25) is 0 Å². The van der Waals surface area contributed by atoms with Gasteiger partial charge in [-0.1, -0.05) is 24.3 Å². The van der Waals surface area contributed by atoms with E-state index >= 15 is 0 Å². The first-order chi connectivity index (χ1) is 8.43. The fourth-order valence-corrected chi connectivity index (χ4v) is 3.89. The molecule has 2 aliphatic rings. The van der Waals surface area contributed by atoms with E-state index < -0.39 is 0 Å². The molecule has 0 spiro atoms. The molecule has 0 amide bonds. The molecule has 92 valence electrons. The summed E-state index contributed by atoms with van der Waals surface area (Å²) in [6.45, 7) is 2.72. The lowest BCUT2D eigenvalue weighted by atomic mass is 9.98. The molecule has 1 aromatic carbocycles. The normalized spacial score (nSPS) is 28.0. The Balaban J connectivity index is 1.64. The van der Waals surface area contributed by atoms with Crippen molar-refractivity contribution in [2.75, 3.05) is 24.7 Å².